The number of amides is 1. The number of rotatable bonds is 5. The molecule has 1 aromatic rings. The summed E-state index contributed by atoms with van der Waals surface area (Å²) < 4.78 is 50.6. The highest BCUT2D eigenvalue weighted by atomic mass is 19.4. The Kier molecular flexibility index (Phi) is 6.63. The smallest absolute Gasteiger partial charge is 0.384 e. The van der Waals surface area contributed by atoms with Crippen LogP contribution in [-0.2, 0) is 33.4 Å². The Morgan fingerprint density at radius 1 is 1.38 bits per heavy atom. The van der Waals surface area contributed by atoms with Crippen molar-refractivity contribution in [3.8, 4) is 0 Å². The molecular weight excluding hydrogens is 447 g/mol. The number of hydrogen-bond donors (Lipinski definition) is 1. The SMILES string of the molecule is COC[C@@H]1COCCC1N[C@@H]1C[C@H]2CCC[C@@]2(C(=O)N2CCc3ncc(C(F)(F)F)cc3C2)C1. The molecule has 1 aromatic heterocycles. The zero-order valence-corrected chi connectivity index (χ0v) is 19.7. The second-order valence-corrected chi connectivity index (χ2v) is 10.5. The summed E-state index contributed by atoms with van der Waals surface area (Å²) in [6.45, 7) is 2.81. The lowest BCUT2D eigenvalue weighted by molar-refractivity contribution is -0.144. The van der Waals surface area contributed by atoms with Crippen molar-refractivity contribution in [2.45, 2.75) is 69.8 Å². The zero-order valence-electron chi connectivity index (χ0n) is 19.7. The van der Waals surface area contributed by atoms with E-state index in [1.807, 2.05) is 0 Å². The maximum absolute atomic E-state index is 13.9. The average Bonchev–Trinajstić information content (AvgIpc) is 3.36. The van der Waals surface area contributed by atoms with Crippen LogP contribution in [0.3, 0.4) is 0 Å². The highest BCUT2D eigenvalue weighted by molar-refractivity contribution is 5.84. The molecule has 9 heteroatoms. The van der Waals surface area contributed by atoms with Gasteiger partial charge in [-0.1, -0.05) is 6.42 Å². The lowest BCUT2D eigenvalue weighted by Crippen LogP contribution is -2.49. The Morgan fingerprint density at radius 2 is 2.24 bits per heavy atom. The van der Waals surface area contributed by atoms with Crippen LogP contribution in [-0.4, -0.2) is 61.3 Å². The lowest BCUT2D eigenvalue weighted by Gasteiger charge is -2.38. The van der Waals surface area contributed by atoms with E-state index in [2.05, 4.69) is 10.3 Å². The van der Waals surface area contributed by atoms with Crippen LogP contribution in [0.5, 0.6) is 0 Å². The van der Waals surface area contributed by atoms with E-state index in [-0.39, 0.29) is 18.5 Å². The third-order valence-electron chi connectivity index (χ3n) is 8.52. The number of hydrogen-bond acceptors (Lipinski definition) is 5. The van der Waals surface area contributed by atoms with Crippen molar-refractivity contribution >= 4 is 5.91 Å². The minimum Gasteiger partial charge on any atom is -0.384 e. The number of carbonyl (C=O) groups excluding carboxylic acids is 1. The molecule has 2 aliphatic heterocycles. The molecule has 6 nitrogen and oxygen atoms in total. The van der Waals surface area contributed by atoms with Crippen LogP contribution in [0.25, 0.3) is 0 Å². The molecule has 4 aliphatic rings. The Bertz CT molecular complexity index is 909. The normalized spacial score (nSPS) is 33.6. The summed E-state index contributed by atoms with van der Waals surface area (Å²) in [6, 6.07) is 1.76. The van der Waals surface area contributed by atoms with E-state index in [9.17, 15) is 18.0 Å². The number of carbonyl (C=O) groups is 1. The summed E-state index contributed by atoms with van der Waals surface area (Å²) in [6.07, 6.45) is 2.65. The third-order valence-corrected chi connectivity index (χ3v) is 8.52. The molecule has 1 N–H and O–H groups in total. The summed E-state index contributed by atoms with van der Waals surface area (Å²) in [7, 11) is 1.71. The molecule has 5 atom stereocenters. The van der Waals surface area contributed by atoms with Crippen molar-refractivity contribution in [1.29, 1.82) is 0 Å². The minimum absolute atomic E-state index is 0.128. The van der Waals surface area contributed by atoms with Gasteiger partial charge in [0.1, 0.15) is 0 Å². The highest BCUT2D eigenvalue weighted by Gasteiger charge is 2.56. The first-order valence-corrected chi connectivity index (χ1v) is 12.5. The maximum Gasteiger partial charge on any atom is 0.417 e. The Hall–Kier alpha value is -1.71. The van der Waals surface area contributed by atoms with Gasteiger partial charge in [0.15, 0.2) is 0 Å². The molecule has 188 valence electrons. The fourth-order valence-electron chi connectivity index (χ4n) is 6.89. The van der Waals surface area contributed by atoms with Crippen LogP contribution in [0.15, 0.2) is 12.3 Å². The second kappa shape index (κ2) is 9.39. The van der Waals surface area contributed by atoms with Crippen LogP contribution >= 0.6 is 0 Å². The second-order valence-electron chi connectivity index (χ2n) is 10.5. The van der Waals surface area contributed by atoms with Gasteiger partial charge in [0.2, 0.25) is 5.91 Å². The van der Waals surface area contributed by atoms with Crippen molar-refractivity contribution in [2.24, 2.45) is 17.3 Å². The van der Waals surface area contributed by atoms with Crippen LogP contribution in [0.2, 0.25) is 0 Å². The molecule has 2 aliphatic carbocycles. The number of halogens is 3. The van der Waals surface area contributed by atoms with Gasteiger partial charge in [0.05, 0.1) is 24.2 Å². The lowest BCUT2D eigenvalue weighted by atomic mass is 9.78. The molecule has 0 bridgehead atoms. The molecule has 1 amide bonds. The van der Waals surface area contributed by atoms with E-state index >= 15 is 0 Å². The monoisotopic (exact) mass is 481 g/mol. The summed E-state index contributed by atoms with van der Waals surface area (Å²) in [5.74, 6) is 0.766. The number of fused-ring (bicyclic) bond motifs is 2. The first-order valence-electron chi connectivity index (χ1n) is 12.5. The Balaban J connectivity index is 1.30. The van der Waals surface area contributed by atoms with Gasteiger partial charge in [-0.3, -0.25) is 9.78 Å². The number of alkyl halides is 3. The number of ether oxygens (including phenoxy) is 2. The molecule has 5 rings (SSSR count). The molecule has 3 fully saturated rings. The van der Waals surface area contributed by atoms with Gasteiger partial charge in [0, 0.05) is 63.1 Å². The van der Waals surface area contributed by atoms with Gasteiger partial charge in [-0.15, -0.1) is 0 Å². The first kappa shape index (κ1) is 24.0. The van der Waals surface area contributed by atoms with Crippen LogP contribution in [0.1, 0.15) is 55.3 Å². The molecule has 1 unspecified atom stereocenters. The average molecular weight is 482 g/mol. The summed E-state index contributed by atoms with van der Waals surface area (Å²) in [5, 5.41) is 3.84. The third kappa shape index (κ3) is 4.46. The van der Waals surface area contributed by atoms with E-state index in [1.165, 1.54) is 6.07 Å². The number of aromatic nitrogens is 1. The van der Waals surface area contributed by atoms with Gasteiger partial charge >= 0.3 is 6.18 Å². The molecule has 0 radical (unpaired) electrons. The number of methoxy groups -OCH3 is 1. The van der Waals surface area contributed by atoms with E-state index in [4.69, 9.17) is 9.47 Å². The van der Waals surface area contributed by atoms with Crippen molar-refractivity contribution in [2.75, 3.05) is 33.5 Å². The van der Waals surface area contributed by atoms with E-state index < -0.39 is 17.2 Å². The summed E-state index contributed by atoms with van der Waals surface area (Å²) in [4.78, 5) is 19.8. The fourth-order valence-corrected chi connectivity index (χ4v) is 6.89. The van der Waals surface area contributed by atoms with Crippen LogP contribution in [0, 0.1) is 17.3 Å². The van der Waals surface area contributed by atoms with Crippen molar-refractivity contribution in [1.82, 2.24) is 15.2 Å². The first-order chi connectivity index (χ1) is 16.3. The molecule has 34 heavy (non-hydrogen) atoms. The van der Waals surface area contributed by atoms with Crippen LogP contribution in [0.4, 0.5) is 13.2 Å². The van der Waals surface area contributed by atoms with Gasteiger partial charge in [-0.25, -0.2) is 0 Å². The van der Waals surface area contributed by atoms with Crippen molar-refractivity contribution in [3.63, 3.8) is 0 Å². The van der Waals surface area contributed by atoms with E-state index in [0.29, 0.717) is 55.3 Å². The predicted octanol–water partition coefficient (Wildman–Crippen LogP) is 3.58. The minimum atomic E-state index is -4.43. The van der Waals surface area contributed by atoms with Crippen LogP contribution < -0.4 is 5.32 Å². The van der Waals surface area contributed by atoms with Gasteiger partial charge in [0.25, 0.3) is 0 Å². The van der Waals surface area contributed by atoms with Gasteiger partial charge in [-0.05, 0) is 49.7 Å². The number of nitrogens with one attached hydrogen (secondary N) is 1. The van der Waals surface area contributed by atoms with Crippen molar-refractivity contribution < 1.29 is 27.4 Å². The summed E-state index contributed by atoms with van der Waals surface area (Å²) >= 11 is 0. The molecule has 2 saturated carbocycles. The molecule has 3 heterocycles. The zero-order chi connectivity index (χ0) is 23.9. The number of nitrogens with zero attached hydrogens (tertiary/aromatic N) is 2. The number of pyridine rings is 1. The highest BCUT2D eigenvalue weighted by Crippen LogP contribution is 2.55. The fraction of sp³-hybridized carbons (Fsp3) is 0.760. The van der Waals surface area contributed by atoms with E-state index in [1.54, 1.807) is 12.0 Å². The Labute approximate surface area is 198 Å². The van der Waals surface area contributed by atoms with E-state index in [0.717, 1.165) is 51.3 Å². The predicted molar refractivity (Wildman–Crippen MR) is 119 cm³/mol. The Morgan fingerprint density at radius 3 is 3.03 bits per heavy atom. The quantitative estimate of drug-likeness (QED) is 0.697. The van der Waals surface area contributed by atoms with Gasteiger partial charge < -0.3 is 19.7 Å². The molecule has 0 spiro atoms. The molecule has 1 saturated heterocycles. The topological polar surface area (TPSA) is 63.7 Å². The molecular formula is C25H34F3N3O3. The van der Waals surface area contributed by atoms with Crippen molar-refractivity contribution in [3.05, 3.63) is 29.1 Å². The largest absolute Gasteiger partial charge is 0.417 e. The van der Waals surface area contributed by atoms with Gasteiger partial charge in [-0.2, -0.15) is 13.2 Å². The molecule has 0 aromatic carbocycles. The summed E-state index contributed by atoms with van der Waals surface area (Å²) in [5.41, 5.74) is 0.0566. The maximum atomic E-state index is 13.9. The standard InChI is InChI=1S/C25H34F3N3O3/c1-33-14-17-15-34-8-5-22(17)30-20-10-18-3-2-6-24(18,11-20)23(32)31-7-4-21-16(13-31)9-19(12-29-21)25(26,27)28/h9,12,17-18,20,22,30H,2-8,10-11,13-15H2,1H3/t17-,18-,20-,22?,24-/m1/s1.